The van der Waals surface area contributed by atoms with Crippen LogP contribution in [0.4, 0.5) is 19.0 Å². The summed E-state index contributed by atoms with van der Waals surface area (Å²) in [6.07, 6.45) is -1.29. The van der Waals surface area contributed by atoms with Crippen LogP contribution in [0.3, 0.4) is 0 Å². The summed E-state index contributed by atoms with van der Waals surface area (Å²) in [4.78, 5) is 14.8. The Morgan fingerprint density at radius 3 is 2.67 bits per heavy atom. The maximum Gasteiger partial charge on any atom is 0.433 e. The number of carbonyl (C=O) groups excluding carboxylic acids is 1. The van der Waals surface area contributed by atoms with Crippen molar-refractivity contribution in [1.82, 2.24) is 4.98 Å². The molecule has 21 heavy (non-hydrogen) atoms. The van der Waals surface area contributed by atoms with Crippen LogP contribution in [0.2, 0.25) is 0 Å². The van der Waals surface area contributed by atoms with Crippen molar-refractivity contribution in [3.63, 3.8) is 0 Å². The molecule has 2 rings (SSSR count). The molecule has 0 bridgehead atoms. The van der Waals surface area contributed by atoms with Gasteiger partial charge in [0.25, 0.3) is 5.91 Å². The number of carbonyl (C=O) groups is 1. The highest BCUT2D eigenvalue weighted by Crippen LogP contribution is 2.32. The third-order valence-electron chi connectivity index (χ3n) is 4.02. The zero-order valence-corrected chi connectivity index (χ0v) is 11.7. The molecule has 3 N–H and O–H groups in total. The lowest BCUT2D eigenvalue weighted by Crippen LogP contribution is -2.22. The first kappa shape index (κ1) is 15.6. The molecular weight excluding hydrogens is 283 g/mol. The SMILES string of the molecule is CC1CCCC1CNc1nc(C(F)(F)F)ccc1C(N)=O. The second-order valence-corrected chi connectivity index (χ2v) is 5.50. The molecule has 0 saturated heterocycles. The van der Waals surface area contributed by atoms with Crippen LogP contribution < -0.4 is 11.1 Å². The summed E-state index contributed by atoms with van der Waals surface area (Å²) in [6, 6.07) is 1.84. The maximum atomic E-state index is 12.7. The Kier molecular flexibility index (Phi) is 4.39. The molecule has 4 nitrogen and oxygen atoms in total. The van der Waals surface area contributed by atoms with Gasteiger partial charge in [-0.15, -0.1) is 0 Å². The summed E-state index contributed by atoms with van der Waals surface area (Å²) in [6.45, 7) is 2.61. The Hall–Kier alpha value is -1.79. The van der Waals surface area contributed by atoms with Crippen LogP contribution >= 0.6 is 0 Å². The van der Waals surface area contributed by atoms with Gasteiger partial charge in [-0.3, -0.25) is 4.79 Å². The van der Waals surface area contributed by atoms with Gasteiger partial charge in [0, 0.05) is 6.54 Å². The van der Waals surface area contributed by atoms with E-state index in [0.29, 0.717) is 18.4 Å². The number of aromatic nitrogens is 1. The van der Waals surface area contributed by atoms with Gasteiger partial charge in [0.15, 0.2) is 0 Å². The van der Waals surface area contributed by atoms with Crippen molar-refractivity contribution in [2.45, 2.75) is 32.4 Å². The minimum atomic E-state index is -4.55. The summed E-state index contributed by atoms with van der Waals surface area (Å²) in [7, 11) is 0. The number of hydrogen-bond acceptors (Lipinski definition) is 3. The Morgan fingerprint density at radius 1 is 1.43 bits per heavy atom. The quantitative estimate of drug-likeness (QED) is 0.898. The number of amides is 1. The molecular formula is C14H18F3N3O. The molecule has 0 radical (unpaired) electrons. The summed E-state index contributed by atoms with van der Waals surface area (Å²) < 4.78 is 38.1. The summed E-state index contributed by atoms with van der Waals surface area (Å²) in [5, 5.41) is 2.87. The lowest BCUT2D eigenvalue weighted by molar-refractivity contribution is -0.141. The molecule has 0 aliphatic heterocycles. The van der Waals surface area contributed by atoms with Gasteiger partial charge >= 0.3 is 6.18 Å². The van der Waals surface area contributed by atoms with E-state index < -0.39 is 17.8 Å². The monoisotopic (exact) mass is 301 g/mol. The minimum absolute atomic E-state index is 0.0198. The highest BCUT2D eigenvalue weighted by Gasteiger charge is 2.33. The molecule has 1 fully saturated rings. The summed E-state index contributed by atoms with van der Waals surface area (Å²) in [5.41, 5.74) is 4.13. The van der Waals surface area contributed by atoms with E-state index in [9.17, 15) is 18.0 Å². The first-order valence-corrected chi connectivity index (χ1v) is 6.91. The van der Waals surface area contributed by atoms with Gasteiger partial charge in [-0.05, 0) is 30.4 Å². The van der Waals surface area contributed by atoms with Crippen LogP contribution in [0, 0.1) is 11.8 Å². The summed E-state index contributed by atoms with van der Waals surface area (Å²) >= 11 is 0. The maximum absolute atomic E-state index is 12.7. The van der Waals surface area contributed by atoms with Crippen LogP contribution in [0.15, 0.2) is 12.1 Å². The van der Waals surface area contributed by atoms with Crippen molar-refractivity contribution >= 4 is 11.7 Å². The minimum Gasteiger partial charge on any atom is -0.369 e. The van der Waals surface area contributed by atoms with Crippen LogP contribution in [0.5, 0.6) is 0 Å². The van der Waals surface area contributed by atoms with Crippen molar-refractivity contribution < 1.29 is 18.0 Å². The number of anilines is 1. The van der Waals surface area contributed by atoms with E-state index in [0.717, 1.165) is 31.4 Å². The fourth-order valence-electron chi connectivity index (χ4n) is 2.70. The molecule has 116 valence electrons. The lowest BCUT2D eigenvalue weighted by Gasteiger charge is -2.18. The highest BCUT2D eigenvalue weighted by molar-refractivity contribution is 5.97. The number of primary amides is 1. The lowest BCUT2D eigenvalue weighted by atomic mass is 9.98. The second-order valence-electron chi connectivity index (χ2n) is 5.50. The number of rotatable bonds is 4. The Morgan fingerprint density at radius 2 is 2.14 bits per heavy atom. The van der Waals surface area contributed by atoms with Crippen molar-refractivity contribution in [1.29, 1.82) is 0 Å². The van der Waals surface area contributed by atoms with Crippen molar-refractivity contribution in [3.05, 3.63) is 23.4 Å². The third kappa shape index (κ3) is 3.65. The number of nitrogens with zero attached hydrogens (tertiary/aromatic N) is 1. The number of nitrogens with two attached hydrogens (primary N) is 1. The van der Waals surface area contributed by atoms with E-state index in [1.165, 1.54) is 0 Å². The number of nitrogens with one attached hydrogen (secondary N) is 1. The van der Waals surface area contributed by atoms with Gasteiger partial charge in [0.2, 0.25) is 0 Å². The standard InChI is InChI=1S/C14H18F3N3O/c1-8-3-2-4-9(8)7-19-13-10(12(18)21)5-6-11(20-13)14(15,16)17/h5-6,8-9H,2-4,7H2,1H3,(H2,18,21)(H,19,20). The van der Waals surface area contributed by atoms with Gasteiger partial charge in [0.05, 0.1) is 5.56 Å². The van der Waals surface area contributed by atoms with Crippen molar-refractivity contribution in [2.24, 2.45) is 17.6 Å². The molecule has 1 saturated carbocycles. The zero-order valence-electron chi connectivity index (χ0n) is 11.7. The molecule has 2 atom stereocenters. The molecule has 1 aliphatic carbocycles. The smallest absolute Gasteiger partial charge is 0.369 e. The number of pyridine rings is 1. The van der Waals surface area contributed by atoms with E-state index in [2.05, 4.69) is 17.2 Å². The van der Waals surface area contributed by atoms with E-state index in [-0.39, 0.29) is 11.4 Å². The van der Waals surface area contributed by atoms with Crippen LogP contribution in [-0.4, -0.2) is 17.4 Å². The predicted octanol–water partition coefficient (Wildman–Crippen LogP) is 3.05. The fourth-order valence-corrected chi connectivity index (χ4v) is 2.70. The van der Waals surface area contributed by atoms with Crippen LogP contribution in [0.25, 0.3) is 0 Å². The molecule has 2 unspecified atom stereocenters. The third-order valence-corrected chi connectivity index (χ3v) is 4.02. The van der Waals surface area contributed by atoms with Crippen molar-refractivity contribution in [3.8, 4) is 0 Å². The Balaban J connectivity index is 2.20. The zero-order chi connectivity index (χ0) is 15.6. The number of alkyl halides is 3. The van der Waals surface area contributed by atoms with Gasteiger partial charge in [-0.2, -0.15) is 13.2 Å². The molecule has 7 heteroatoms. The van der Waals surface area contributed by atoms with E-state index in [4.69, 9.17) is 5.73 Å². The number of hydrogen-bond donors (Lipinski definition) is 2. The molecule has 1 aliphatic rings. The molecule has 0 spiro atoms. The van der Waals surface area contributed by atoms with Gasteiger partial charge in [-0.1, -0.05) is 19.8 Å². The molecule has 1 aromatic rings. The topological polar surface area (TPSA) is 68.0 Å². The van der Waals surface area contributed by atoms with E-state index in [1.807, 2.05) is 0 Å². The predicted molar refractivity (Wildman–Crippen MR) is 72.8 cm³/mol. The first-order chi connectivity index (χ1) is 9.79. The highest BCUT2D eigenvalue weighted by atomic mass is 19.4. The average Bonchev–Trinajstić information content (AvgIpc) is 2.80. The first-order valence-electron chi connectivity index (χ1n) is 6.91. The van der Waals surface area contributed by atoms with E-state index >= 15 is 0 Å². The number of halogens is 3. The van der Waals surface area contributed by atoms with Crippen LogP contribution in [0.1, 0.15) is 42.2 Å². The average molecular weight is 301 g/mol. The molecule has 1 heterocycles. The Bertz CT molecular complexity index is 531. The molecule has 0 aromatic carbocycles. The van der Waals surface area contributed by atoms with Gasteiger partial charge < -0.3 is 11.1 Å². The normalized spacial score (nSPS) is 22.3. The largest absolute Gasteiger partial charge is 0.433 e. The fraction of sp³-hybridized carbons (Fsp3) is 0.571. The summed E-state index contributed by atoms with van der Waals surface area (Å²) in [5.74, 6) is 0.0111. The van der Waals surface area contributed by atoms with E-state index in [1.54, 1.807) is 0 Å². The van der Waals surface area contributed by atoms with Gasteiger partial charge in [0.1, 0.15) is 11.5 Å². The Labute approximate surface area is 120 Å². The molecule has 1 amide bonds. The van der Waals surface area contributed by atoms with Gasteiger partial charge in [-0.25, -0.2) is 4.98 Å². The van der Waals surface area contributed by atoms with Crippen molar-refractivity contribution in [2.75, 3.05) is 11.9 Å². The van der Waals surface area contributed by atoms with Crippen LogP contribution in [-0.2, 0) is 6.18 Å². The molecule has 1 aromatic heterocycles. The second kappa shape index (κ2) is 5.91.